The van der Waals surface area contributed by atoms with E-state index < -0.39 is 17.2 Å². The lowest BCUT2D eigenvalue weighted by molar-refractivity contribution is -0.138. The minimum Gasteiger partial charge on any atom is -0.481 e. The lowest BCUT2D eigenvalue weighted by Crippen LogP contribution is -2.22. The van der Waals surface area contributed by atoms with Crippen LogP contribution in [0.5, 0.6) is 11.5 Å². The van der Waals surface area contributed by atoms with Gasteiger partial charge in [-0.2, -0.15) is 0 Å². The van der Waals surface area contributed by atoms with Gasteiger partial charge in [-0.05, 0) is 6.07 Å². The van der Waals surface area contributed by atoms with Gasteiger partial charge in [0, 0.05) is 11.0 Å². The van der Waals surface area contributed by atoms with Crippen molar-refractivity contribution in [2.24, 2.45) is 0 Å². The van der Waals surface area contributed by atoms with Crippen LogP contribution in [0.1, 0.15) is 25.8 Å². The molecule has 0 bridgehead atoms. The van der Waals surface area contributed by atoms with Crippen molar-refractivity contribution in [2.45, 2.75) is 25.7 Å². The molecule has 0 aliphatic carbocycles. The van der Waals surface area contributed by atoms with Crippen molar-refractivity contribution >= 4 is 5.97 Å². The Hall–Kier alpha value is -1.78. The first-order valence-corrected chi connectivity index (χ1v) is 5.22. The molecule has 92 valence electrons. The highest BCUT2D eigenvalue weighted by atomic mass is 19.1. The van der Waals surface area contributed by atoms with E-state index in [4.69, 9.17) is 14.6 Å². The van der Waals surface area contributed by atoms with Gasteiger partial charge < -0.3 is 14.6 Å². The van der Waals surface area contributed by atoms with Crippen molar-refractivity contribution in [1.82, 2.24) is 0 Å². The van der Waals surface area contributed by atoms with E-state index >= 15 is 0 Å². The molecule has 1 aromatic carbocycles. The maximum Gasteiger partial charge on any atom is 0.304 e. The first-order chi connectivity index (χ1) is 7.92. The Kier molecular flexibility index (Phi) is 2.69. The largest absolute Gasteiger partial charge is 0.481 e. The summed E-state index contributed by atoms with van der Waals surface area (Å²) in [7, 11) is 0. The van der Waals surface area contributed by atoms with Crippen LogP contribution < -0.4 is 9.47 Å². The van der Waals surface area contributed by atoms with E-state index in [9.17, 15) is 9.18 Å². The van der Waals surface area contributed by atoms with E-state index in [0.717, 1.165) is 0 Å². The number of carboxylic acids is 1. The summed E-state index contributed by atoms with van der Waals surface area (Å²) in [6.45, 7) is 3.51. The molecule has 0 aromatic heterocycles. The number of rotatable bonds is 3. The van der Waals surface area contributed by atoms with E-state index in [1.807, 2.05) is 0 Å². The highest BCUT2D eigenvalue weighted by Crippen LogP contribution is 2.44. The number of hydrogen-bond donors (Lipinski definition) is 1. The smallest absolute Gasteiger partial charge is 0.304 e. The van der Waals surface area contributed by atoms with Gasteiger partial charge in [-0.3, -0.25) is 4.79 Å². The maximum atomic E-state index is 13.4. The summed E-state index contributed by atoms with van der Waals surface area (Å²) < 4.78 is 23.6. The summed E-state index contributed by atoms with van der Waals surface area (Å²) in [4.78, 5) is 10.8. The molecule has 1 aromatic rings. The Bertz CT molecular complexity index is 468. The van der Waals surface area contributed by atoms with Crippen LogP contribution in [0.25, 0.3) is 0 Å². The van der Waals surface area contributed by atoms with Gasteiger partial charge in [0.25, 0.3) is 0 Å². The number of carbonyl (C=O) groups is 1. The quantitative estimate of drug-likeness (QED) is 0.880. The van der Waals surface area contributed by atoms with Crippen LogP contribution in [0.3, 0.4) is 0 Å². The zero-order valence-electron chi connectivity index (χ0n) is 9.62. The zero-order valence-corrected chi connectivity index (χ0v) is 9.62. The van der Waals surface area contributed by atoms with Crippen LogP contribution in [0.4, 0.5) is 4.39 Å². The van der Waals surface area contributed by atoms with E-state index in [1.165, 1.54) is 6.07 Å². The predicted molar refractivity (Wildman–Crippen MR) is 57.8 cm³/mol. The average Bonchev–Trinajstić information content (AvgIpc) is 2.64. The molecule has 0 amide bonds. The zero-order chi connectivity index (χ0) is 12.6. The van der Waals surface area contributed by atoms with Crippen LogP contribution in [0, 0.1) is 5.82 Å². The molecule has 0 fully saturated rings. The monoisotopic (exact) mass is 240 g/mol. The normalized spacial score (nSPS) is 13.8. The highest BCUT2D eigenvalue weighted by Gasteiger charge is 2.32. The molecule has 0 spiro atoms. The van der Waals surface area contributed by atoms with Gasteiger partial charge in [0.15, 0.2) is 11.6 Å². The topological polar surface area (TPSA) is 55.8 Å². The van der Waals surface area contributed by atoms with Gasteiger partial charge in [-0.15, -0.1) is 0 Å². The highest BCUT2D eigenvalue weighted by molar-refractivity contribution is 5.69. The van der Waals surface area contributed by atoms with Crippen LogP contribution in [-0.4, -0.2) is 17.9 Å². The summed E-state index contributed by atoms with van der Waals surface area (Å²) >= 11 is 0. The number of carboxylic acid groups (broad SMARTS) is 1. The molecule has 0 saturated heterocycles. The Morgan fingerprint density at radius 3 is 2.71 bits per heavy atom. The summed E-state index contributed by atoms with van der Waals surface area (Å²) in [5, 5.41) is 8.87. The maximum absolute atomic E-state index is 13.4. The predicted octanol–water partition coefficient (Wildman–Crippen LogP) is 2.31. The molecule has 1 heterocycles. The molecule has 0 saturated carbocycles. The molecule has 4 nitrogen and oxygen atoms in total. The van der Waals surface area contributed by atoms with Crippen molar-refractivity contribution in [3.63, 3.8) is 0 Å². The Morgan fingerprint density at radius 2 is 2.06 bits per heavy atom. The number of halogens is 1. The van der Waals surface area contributed by atoms with Crippen LogP contribution >= 0.6 is 0 Å². The number of benzene rings is 1. The minimum absolute atomic E-state index is 0.0353. The molecule has 0 radical (unpaired) electrons. The lowest BCUT2D eigenvalue weighted by Gasteiger charge is -2.24. The van der Waals surface area contributed by atoms with Gasteiger partial charge in [0.1, 0.15) is 0 Å². The first-order valence-electron chi connectivity index (χ1n) is 5.22. The van der Waals surface area contributed by atoms with Crippen molar-refractivity contribution in [3.8, 4) is 11.5 Å². The van der Waals surface area contributed by atoms with Crippen molar-refractivity contribution in [1.29, 1.82) is 0 Å². The number of hydrogen-bond acceptors (Lipinski definition) is 3. The van der Waals surface area contributed by atoms with Crippen LogP contribution in [-0.2, 0) is 10.2 Å². The molecule has 1 aliphatic rings. The number of fused-ring (bicyclic) bond motifs is 1. The van der Waals surface area contributed by atoms with Gasteiger partial charge in [-0.1, -0.05) is 19.9 Å². The first kappa shape index (κ1) is 11.7. The van der Waals surface area contributed by atoms with E-state index in [-0.39, 0.29) is 19.0 Å². The van der Waals surface area contributed by atoms with Crippen molar-refractivity contribution in [2.75, 3.05) is 6.79 Å². The third kappa shape index (κ3) is 2.05. The van der Waals surface area contributed by atoms with Crippen LogP contribution in [0.15, 0.2) is 12.1 Å². The second-order valence-electron chi connectivity index (χ2n) is 4.61. The Morgan fingerprint density at radius 1 is 1.41 bits per heavy atom. The minimum atomic E-state index is -0.910. The second kappa shape index (κ2) is 3.91. The summed E-state index contributed by atoms with van der Waals surface area (Å²) in [6, 6.07) is 2.82. The Labute approximate surface area is 98.0 Å². The molecular formula is C12H13FO4. The third-order valence-corrected chi connectivity index (χ3v) is 2.79. The van der Waals surface area contributed by atoms with Gasteiger partial charge in [0.05, 0.1) is 6.42 Å². The fourth-order valence-electron chi connectivity index (χ4n) is 1.97. The molecule has 0 unspecified atom stereocenters. The third-order valence-electron chi connectivity index (χ3n) is 2.79. The van der Waals surface area contributed by atoms with Gasteiger partial charge in [-0.25, -0.2) is 4.39 Å². The molecule has 1 aliphatic heterocycles. The fourth-order valence-corrected chi connectivity index (χ4v) is 1.97. The molecule has 17 heavy (non-hydrogen) atoms. The molecule has 0 atom stereocenters. The summed E-state index contributed by atoms with van der Waals surface area (Å²) in [5.74, 6) is -1.02. The Balaban J connectivity index is 2.46. The van der Waals surface area contributed by atoms with Crippen molar-refractivity contribution in [3.05, 3.63) is 23.5 Å². The SMILES string of the molecule is CC(C)(CC(=O)O)c1ccc(F)c2c1OCO2. The standard InChI is InChI=1S/C12H13FO4/c1-12(2,5-9(14)15)7-3-4-8(13)11-10(7)16-6-17-11/h3-4H,5-6H2,1-2H3,(H,14,15). The van der Waals surface area contributed by atoms with Crippen LogP contribution in [0.2, 0.25) is 0 Å². The molecular weight excluding hydrogens is 227 g/mol. The summed E-state index contributed by atoms with van der Waals surface area (Å²) in [6.07, 6.45) is -0.0611. The average molecular weight is 240 g/mol. The second-order valence-corrected chi connectivity index (χ2v) is 4.61. The summed E-state index contributed by atoms with van der Waals surface area (Å²) in [5.41, 5.74) is 0.00549. The van der Waals surface area contributed by atoms with E-state index in [1.54, 1.807) is 19.9 Å². The van der Waals surface area contributed by atoms with E-state index in [2.05, 4.69) is 0 Å². The molecule has 5 heteroatoms. The fraction of sp³-hybridized carbons (Fsp3) is 0.417. The molecule has 1 N–H and O–H groups in total. The number of ether oxygens (including phenoxy) is 2. The number of aliphatic carboxylic acids is 1. The lowest BCUT2D eigenvalue weighted by atomic mass is 9.81. The molecule has 2 rings (SSSR count). The van der Waals surface area contributed by atoms with Gasteiger partial charge in [0.2, 0.25) is 12.5 Å². The van der Waals surface area contributed by atoms with E-state index in [0.29, 0.717) is 11.3 Å². The van der Waals surface area contributed by atoms with Gasteiger partial charge >= 0.3 is 5.97 Å². The van der Waals surface area contributed by atoms with Crippen molar-refractivity contribution < 1.29 is 23.8 Å².